The lowest BCUT2D eigenvalue weighted by molar-refractivity contribution is 0.212. The topological polar surface area (TPSA) is 50.8 Å². The number of carbonyl (C=O) groups excluding carboxylic acids is 1. The molecule has 19 heavy (non-hydrogen) atoms. The third-order valence-electron chi connectivity index (χ3n) is 3.19. The quantitative estimate of drug-likeness (QED) is 0.890. The van der Waals surface area contributed by atoms with Crippen LogP contribution in [0.4, 0.5) is 4.79 Å². The average Bonchev–Trinajstić information content (AvgIpc) is 2.60. The summed E-state index contributed by atoms with van der Waals surface area (Å²) in [6.45, 7) is 0.674. The van der Waals surface area contributed by atoms with Crippen molar-refractivity contribution in [2.24, 2.45) is 0 Å². The molecule has 0 radical (unpaired) electrons. The molecule has 0 saturated heterocycles. The molecule has 0 fully saturated rings. The third kappa shape index (κ3) is 3.10. The molecule has 2 amide bonds. The molecule has 1 aromatic carbocycles. The number of amides is 2. The number of methoxy groups -OCH3 is 1. The van der Waals surface area contributed by atoms with Gasteiger partial charge in [0.1, 0.15) is 11.5 Å². The second-order valence-electron chi connectivity index (χ2n) is 4.79. The molecular weight excluding hydrogens is 244 g/mol. The Balaban J connectivity index is 2.27. The number of benzene rings is 1. The zero-order valence-electron chi connectivity index (χ0n) is 11.6. The van der Waals surface area contributed by atoms with Crippen LogP contribution in [-0.2, 0) is 0 Å². The highest BCUT2D eigenvalue weighted by Gasteiger charge is 2.22. The van der Waals surface area contributed by atoms with Crippen LogP contribution in [0.25, 0.3) is 0 Å². The summed E-state index contributed by atoms with van der Waals surface area (Å²) in [5.74, 6) is 1.59. The summed E-state index contributed by atoms with van der Waals surface area (Å²) in [5, 5.41) is 3.02. The van der Waals surface area contributed by atoms with Crippen LogP contribution in [0.3, 0.4) is 0 Å². The lowest BCUT2D eigenvalue weighted by Gasteiger charge is -2.21. The number of nitrogens with one attached hydrogen (secondary N) is 1. The average molecular weight is 264 g/mol. The van der Waals surface area contributed by atoms with Gasteiger partial charge in [0, 0.05) is 19.7 Å². The Bertz CT molecular complexity index is 460. The summed E-state index contributed by atoms with van der Waals surface area (Å²) in [7, 11) is 5.09. The predicted octanol–water partition coefficient (Wildman–Crippen LogP) is 2.18. The van der Waals surface area contributed by atoms with Gasteiger partial charge in [-0.05, 0) is 31.0 Å². The molecule has 5 nitrogen and oxygen atoms in total. The van der Waals surface area contributed by atoms with E-state index in [-0.39, 0.29) is 12.1 Å². The van der Waals surface area contributed by atoms with Gasteiger partial charge in [0.2, 0.25) is 0 Å². The van der Waals surface area contributed by atoms with Crippen molar-refractivity contribution in [2.75, 3.05) is 27.8 Å². The highest BCUT2D eigenvalue weighted by molar-refractivity contribution is 5.74. The van der Waals surface area contributed by atoms with Crippen LogP contribution < -0.4 is 14.8 Å². The number of ether oxygens (including phenoxy) is 2. The molecule has 1 aliphatic rings. The van der Waals surface area contributed by atoms with Crippen molar-refractivity contribution in [1.29, 1.82) is 0 Å². The molecule has 0 bridgehead atoms. The summed E-state index contributed by atoms with van der Waals surface area (Å²) in [6, 6.07) is 5.56. The van der Waals surface area contributed by atoms with Gasteiger partial charge in [-0.15, -0.1) is 0 Å². The number of hydrogen-bond donors (Lipinski definition) is 1. The fourth-order valence-corrected chi connectivity index (χ4v) is 2.11. The molecule has 0 aromatic heterocycles. The van der Waals surface area contributed by atoms with Crippen LogP contribution in [0.1, 0.15) is 24.4 Å². The first-order chi connectivity index (χ1) is 9.11. The van der Waals surface area contributed by atoms with E-state index in [1.165, 1.54) is 4.90 Å². The maximum Gasteiger partial charge on any atom is 0.317 e. The van der Waals surface area contributed by atoms with Gasteiger partial charge >= 0.3 is 6.03 Å². The minimum Gasteiger partial charge on any atom is -0.497 e. The molecule has 104 valence electrons. The molecule has 1 atom stereocenters. The summed E-state index contributed by atoms with van der Waals surface area (Å²) in [4.78, 5) is 13.4. The van der Waals surface area contributed by atoms with Crippen molar-refractivity contribution in [2.45, 2.75) is 18.9 Å². The number of carbonyl (C=O) groups is 1. The summed E-state index contributed by atoms with van der Waals surface area (Å²) >= 11 is 0. The standard InChI is InChI=1S/C14H20N2O3/c1-16(2)14(17)15-12-5-4-8-19-13-7-6-10(18-3)9-11(12)13/h6-7,9,12H,4-5,8H2,1-3H3,(H,15,17). The van der Waals surface area contributed by atoms with Gasteiger partial charge in [0.15, 0.2) is 0 Å². The van der Waals surface area contributed by atoms with E-state index >= 15 is 0 Å². The van der Waals surface area contributed by atoms with Crippen molar-refractivity contribution in [1.82, 2.24) is 10.2 Å². The molecule has 0 aliphatic carbocycles. The number of urea groups is 1. The van der Waals surface area contributed by atoms with Crippen LogP contribution in [0.5, 0.6) is 11.5 Å². The number of rotatable bonds is 2. The number of fused-ring (bicyclic) bond motifs is 1. The molecule has 5 heteroatoms. The largest absolute Gasteiger partial charge is 0.497 e. The Kier molecular flexibility index (Phi) is 4.14. The Morgan fingerprint density at radius 2 is 2.26 bits per heavy atom. The molecule has 1 unspecified atom stereocenters. The first kappa shape index (κ1) is 13.5. The second kappa shape index (κ2) is 5.82. The first-order valence-corrected chi connectivity index (χ1v) is 6.40. The predicted molar refractivity (Wildman–Crippen MR) is 72.7 cm³/mol. The summed E-state index contributed by atoms with van der Waals surface area (Å²) in [6.07, 6.45) is 1.77. The summed E-state index contributed by atoms with van der Waals surface area (Å²) in [5.41, 5.74) is 0.979. The van der Waals surface area contributed by atoms with Crippen molar-refractivity contribution < 1.29 is 14.3 Å². The maximum absolute atomic E-state index is 11.8. The first-order valence-electron chi connectivity index (χ1n) is 6.40. The maximum atomic E-state index is 11.8. The van der Waals surface area contributed by atoms with Gasteiger partial charge < -0.3 is 19.7 Å². The van der Waals surface area contributed by atoms with Gasteiger partial charge in [-0.25, -0.2) is 4.79 Å². The molecule has 1 heterocycles. The number of hydrogen-bond acceptors (Lipinski definition) is 3. The van der Waals surface area contributed by atoms with E-state index in [2.05, 4.69) is 5.32 Å². The Morgan fingerprint density at radius 3 is 2.95 bits per heavy atom. The second-order valence-corrected chi connectivity index (χ2v) is 4.79. The van der Waals surface area contributed by atoms with Crippen LogP contribution in [0.2, 0.25) is 0 Å². The molecule has 0 saturated carbocycles. The van der Waals surface area contributed by atoms with E-state index in [0.29, 0.717) is 6.61 Å². The molecule has 2 rings (SSSR count). The van der Waals surface area contributed by atoms with Crippen LogP contribution in [0, 0.1) is 0 Å². The van der Waals surface area contributed by atoms with Crippen LogP contribution in [-0.4, -0.2) is 38.7 Å². The Morgan fingerprint density at radius 1 is 1.47 bits per heavy atom. The lowest BCUT2D eigenvalue weighted by Crippen LogP contribution is -2.37. The SMILES string of the molecule is COc1ccc2c(c1)C(NC(=O)N(C)C)CCCO2. The highest BCUT2D eigenvalue weighted by Crippen LogP contribution is 2.34. The lowest BCUT2D eigenvalue weighted by atomic mass is 10.0. The Hall–Kier alpha value is -1.91. The Labute approximate surface area is 113 Å². The fraction of sp³-hybridized carbons (Fsp3) is 0.500. The molecule has 1 aliphatic heterocycles. The zero-order valence-corrected chi connectivity index (χ0v) is 11.6. The van der Waals surface area contributed by atoms with E-state index in [9.17, 15) is 4.79 Å². The highest BCUT2D eigenvalue weighted by atomic mass is 16.5. The molecule has 1 N–H and O–H groups in total. The molecular formula is C14H20N2O3. The van der Waals surface area contributed by atoms with Gasteiger partial charge in [-0.3, -0.25) is 0 Å². The minimum atomic E-state index is -0.0966. The summed E-state index contributed by atoms with van der Waals surface area (Å²) < 4.78 is 10.9. The van der Waals surface area contributed by atoms with Crippen molar-refractivity contribution >= 4 is 6.03 Å². The molecule has 0 spiro atoms. The van der Waals surface area contributed by atoms with Gasteiger partial charge in [-0.2, -0.15) is 0 Å². The normalized spacial score (nSPS) is 17.7. The fourth-order valence-electron chi connectivity index (χ4n) is 2.11. The van der Waals surface area contributed by atoms with Crippen LogP contribution >= 0.6 is 0 Å². The van der Waals surface area contributed by atoms with Gasteiger partial charge in [0.25, 0.3) is 0 Å². The third-order valence-corrected chi connectivity index (χ3v) is 3.19. The van der Waals surface area contributed by atoms with Crippen LogP contribution in [0.15, 0.2) is 18.2 Å². The van der Waals surface area contributed by atoms with E-state index in [0.717, 1.165) is 29.9 Å². The van der Waals surface area contributed by atoms with E-state index in [1.807, 2.05) is 18.2 Å². The van der Waals surface area contributed by atoms with Crippen molar-refractivity contribution in [3.8, 4) is 11.5 Å². The monoisotopic (exact) mass is 264 g/mol. The van der Waals surface area contributed by atoms with E-state index in [4.69, 9.17) is 9.47 Å². The van der Waals surface area contributed by atoms with Gasteiger partial charge in [-0.1, -0.05) is 0 Å². The number of nitrogens with zero attached hydrogens (tertiary/aromatic N) is 1. The van der Waals surface area contributed by atoms with E-state index in [1.54, 1.807) is 21.2 Å². The molecule has 1 aromatic rings. The van der Waals surface area contributed by atoms with Crippen molar-refractivity contribution in [3.63, 3.8) is 0 Å². The smallest absolute Gasteiger partial charge is 0.317 e. The van der Waals surface area contributed by atoms with Gasteiger partial charge in [0.05, 0.1) is 19.8 Å². The zero-order chi connectivity index (χ0) is 13.8. The minimum absolute atomic E-state index is 0.0394. The van der Waals surface area contributed by atoms with Crippen molar-refractivity contribution in [3.05, 3.63) is 23.8 Å². The van der Waals surface area contributed by atoms with E-state index < -0.39 is 0 Å².